The summed E-state index contributed by atoms with van der Waals surface area (Å²) in [5.41, 5.74) is 1.49. The molecule has 28 heavy (non-hydrogen) atoms. The summed E-state index contributed by atoms with van der Waals surface area (Å²) in [6.07, 6.45) is 1.56. The summed E-state index contributed by atoms with van der Waals surface area (Å²) in [6, 6.07) is 14.6. The molecule has 1 N–H and O–H groups in total. The molecule has 2 aromatic heterocycles. The number of phenolic OH excluding ortho intramolecular Hbond substituents is 1. The van der Waals surface area contributed by atoms with Gasteiger partial charge in [-0.1, -0.05) is 51.2 Å². The molecule has 0 aliphatic carbocycles. The quantitative estimate of drug-likeness (QED) is 0.307. The van der Waals surface area contributed by atoms with Gasteiger partial charge in [0.25, 0.3) is 0 Å². The number of aromatic hydroxyl groups is 1. The zero-order valence-corrected chi connectivity index (χ0v) is 17.4. The maximum absolute atomic E-state index is 9.75. The second-order valence-electron chi connectivity index (χ2n) is 5.46. The van der Waals surface area contributed by atoms with Crippen LogP contribution in [0.3, 0.4) is 0 Å². The van der Waals surface area contributed by atoms with E-state index >= 15 is 0 Å². The Kier molecular flexibility index (Phi) is 5.79. The fourth-order valence-electron chi connectivity index (χ4n) is 2.18. The van der Waals surface area contributed by atoms with Crippen molar-refractivity contribution in [3.05, 3.63) is 64.5 Å². The summed E-state index contributed by atoms with van der Waals surface area (Å²) >= 11 is 6.20. The Morgan fingerprint density at radius 3 is 2.71 bits per heavy atom. The highest BCUT2D eigenvalue weighted by atomic mass is 79.9. The van der Waals surface area contributed by atoms with Crippen molar-refractivity contribution in [3.63, 3.8) is 0 Å². The number of thioether (sulfide) groups is 1. The van der Waals surface area contributed by atoms with Crippen LogP contribution in [0.25, 0.3) is 11.5 Å². The average Bonchev–Trinajstić information content (AvgIpc) is 3.36. The maximum atomic E-state index is 9.75. The molecule has 140 valence electrons. The van der Waals surface area contributed by atoms with Crippen molar-refractivity contribution in [3.8, 4) is 17.2 Å². The molecule has 2 heterocycles. The normalized spacial score (nSPS) is 11.3. The Hall–Kier alpha value is -2.56. The van der Waals surface area contributed by atoms with Crippen molar-refractivity contribution in [1.82, 2.24) is 20.4 Å². The van der Waals surface area contributed by atoms with Crippen molar-refractivity contribution in [2.24, 2.45) is 4.99 Å². The van der Waals surface area contributed by atoms with Crippen LogP contribution >= 0.6 is 39.0 Å². The van der Waals surface area contributed by atoms with Gasteiger partial charge in [0, 0.05) is 21.8 Å². The van der Waals surface area contributed by atoms with Gasteiger partial charge < -0.3 is 9.52 Å². The lowest BCUT2D eigenvalue weighted by Gasteiger charge is -1.95. The number of nitrogens with zero attached hydrogens (tertiary/aromatic N) is 5. The van der Waals surface area contributed by atoms with Crippen molar-refractivity contribution in [1.29, 1.82) is 0 Å². The van der Waals surface area contributed by atoms with Gasteiger partial charge in [0.05, 0.1) is 5.75 Å². The Balaban J connectivity index is 1.37. The molecule has 4 aromatic rings. The van der Waals surface area contributed by atoms with Gasteiger partial charge in [-0.25, -0.2) is 4.99 Å². The van der Waals surface area contributed by atoms with E-state index in [9.17, 15) is 5.11 Å². The molecule has 0 spiro atoms. The number of para-hydroxylation sites is 1. The molecule has 0 aliphatic heterocycles. The van der Waals surface area contributed by atoms with E-state index in [1.54, 1.807) is 24.4 Å². The van der Waals surface area contributed by atoms with Gasteiger partial charge in [0.15, 0.2) is 4.34 Å². The minimum absolute atomic E-state index is 0.170. The van der Waals surface area contributed by atoms with Gasteiger partial charge in [-0.15, -0.1) is 20.4 Å². The first-order chi connectivity index (χ1) is 13.7. The highest BCUT2D eigenvalue weighted by Crippen LogP contribution is 2.30. The second kappa shape index (κ2) is 8.63. The van der Waals surface area contributed by atoms with Crippen molar-refractivity contribution in [2.45, 2.75) is 10.1 Å². The summed E-state index contributed by atoms with van der Waals surface area (Å²) in [5, 5.41) is 26.5. The fraction of sp³-hybridized carbons (Fsp3) is 0.0556. The van der Waals surface area contributed by atoms with E-state index in [0.717, 1.165) is 14.4 Å². The lowest BCUT2D eigenvalue weighted by atomic mass is 10.2. The largest absolute Gasteiger partial charge is 0.507 e. The Bertz CT molecular complexity index is 1110. The molecule has 0 atom stereocenters. The van der Waals surface area contributed by atoms with E-state index in [-0.39, 0.29) is 5.75 Å². The van der Waals surface area contributed by atoms with Crippen molar-refractivity contribution in [2.75, 3.05) is 0 Å². The van der Waals surface area contributed by atoms with Crippen LogP contribution in [0.15, 0.2) is 66.8 Å². The van der Waals surface area contributed by atoms with E-state index < -0.39 is 0 Å². The third-order valence-electron chi connectivity index (χ3n) is 3.52. The highest BCUT2D eigenvalue weighted by Gasteiger charge is 2.11. The standard InChI is InChI=1S/C18H12BrN5O2S2/c19-13-7-5-11(6-8-13)16-22-21-15(26-16)10-27-18-24-23-17(28-18)20-9-12-3-1-2-4-14(12)25/h1-9,25H,10H2/b20-9+. The second-order valence-corrected chi connectivity index (χ2v) is 8.56. The molecule has 0 amide bonds. The minimum atomic E-state index is 0.170. The number of aliphatic imine (C=N–C) groups is 1. The molecule has 10 heteroatoms. The van der Waals surface area contributed by atoms with Gasteiger partial charge in [0.1, 0.15) is 5.75 Å². The van der Waals surface area contributed by atoms with Gasteiger partial charge in [-0.2, -0.15) is 0 Å². The molecule has 7 nitrogen and oxygen atoms in total. The number of rotatable bonds is 6. The minimum Gasteiger partial charge on any atom is -0.507 e. The Morgan fingerprint density at radius 1 is 1.07 bits per heavy atom. The third-order valence-corrected chi connectivity index (χ3v) is 6.00. The summed E-state index contributed by atoms with van der Waals surface area (Å²) in [5.74, 6) is 1.65. The van der Waals surface area contributed by atoms with Crippen LogP contribution in [0.5, 0.6) is 5.75 Å². The highest BCUT2D eigenvalue weighted by molar-refractivity contribution is 9.10. The van der Waals surface area contributed by atoms with Crippen LogP contribution in [0.2, 0.25) is 0 Å². The number of hydrogen-bond acceptors (Lipinski definition) is 9. The fourth-order valence-corrected chi connectivity index (χ4v) is 3.97. The molecule has 0 fully saturated rings. The van der Waals surface area contributed by atoms with Crippen LogP contribution < -0.4 is 0 Å². The zero-order valence-electron chi connectivity index (χ0n) is 14.2. The van der Waals surface area contributed by atoms with E-state index in [1.165, 1.54) is 23.1 Å². The topological polar surface area (TPSA) is 97.3 Å². The number of halogens is 1. The molecule has 0 radical (unpaired) electrons. The van der Waals surface area contributed by atoms with Crippen LogP contribution in [0.1, 0.15) is 11.5 Å². The first-order valence-corrected chi connectivity index (χ1v) is 10.6. The number of phenols is 1. The van der Waals surface area contributed by atoms with Crippen molar-refractivity contribution >= 4 is 50.4 Å². The van der Waals surface area contributed by atoms with Crippen LogP contribution in [0.4, 0.5) is 5.13 Å². The first-order valence-electron chi connectivity index (χ1n) is 8.04. The van der Waals surface area contributed by atoms with Crippen LogP contribution in [0, 0.1) is 0 Å². The monoisotopic (exact) mass is 473 g/mol. The lowest BCUT2D eigenvalue weighted by Crippen LogP contribution is -1.80. The maximum Gasteiger partial charge on any atom is 0.247 e. The van der Waals surface area contributed by atoms with Crippen molar-refractivity contribution < 1.29 is 9.52 Å². The number of hydrogen-bond donors (Lipinski definition) is 1. The van der Waals surface area contributed by atoms with E-state index in [4.69, 9.17) is 4.42 Å². The van der Waals surface area contributed by atoms with Gasteiger partial charge in [-0.05, 0) is 36.4 Å². The van der Waals surface area contributed by atoms with Gasteiger partial charge in [0.2, 0.25) is 16.9 Å². The van der Waals surface area contributed by atoms with Gasteiger partial charge in [-0.3, -0.25) is 0 Å². The summed E-state index contributed by atoms with van der Waals surface area (Å²) in [7, 11) is 0. The number of benzene rings is 2. The molecule has 0 saturated heterocycles. The summed E-state index contributed by atoms with van der Waals surface area (Å²) in [4.78, 5) is 4.26. The summed E-state index contributed by atoms with van der Waals surface area (Å²) in [6.45, 7) is 0. The smallest absolute Gasteiger partial charge is 0.247 e. The molecule has 0 aliphatic rings. The van der Waals surface area contributed by atoms with Gasteiger partial charge >= 0.3 is 0 Å². The lowest BCUT2D eigenvalue weighted by molar-refractivity contribution is 0.474. The average molecular weight is 474 g/mol. The molecular weight excluding hydrogens is 462 g/mol. The molecule has 2 aromatic carbocycles. The molecule has 0 unspecified atom stereocenters. The zero-order chi connectivity index (χ0) is 19.3. The van der Waals surface area contributed by atoms with E-state index in [1.807, 2.05) is 30.3 Å². The Morgan fingerprint density at radius 2 is 1.89 bits per heavy atom. The first kappa shape index (κ1) is 18.8. The summed E-state index contributed by atoms with van der Waals surface area (Å²) < 4.78 is 7.43. The Labute approximate surface area is 176 Å². The predicted molar refractivity (Wildman–Crippen MR) is 112 cm³/mol. The molecule has 4 rings (SSSR count). The molecule has 0 bridgehead atoms. The predicted octanol–water partition coefficient (Wildman–Crippen LogP) is 5.10. The van der Waals surface area contributed by atoms with E-state index in [2.05, 4.69) is 41.3 Å². The van der Waals surface area contributed by atoms with Crippen LogP contribution in [-0.2, 0) is 5.75 Å². The number of aromatic nitrogens is 4. The molecule has 0 saturated carbocycles. The third kappa shape index (κ3) is 4.64. The SMILES string of the molecule is Oc1ccccc1/C=N/c1nnc(SCc2nnc(-c3ccc(Br)cc3)o2)s1. The van der Waals surface area contributed by atoms with E-state index in [0.29, 0.717) is 28.2 Å². The van der Waals surface area contributed by atoms with Crippen LogP contribution in [-0.4, -0.2) is 31.7 Å². The molecular formula is C18H12BrN5O2S2.